The van der Waals surface area contributed by atoms with Crippen molar-refractivity contribution in [1.82, 2.24) is 14.5 Å². The molecule has 4 aromatic rings. The van der Waals surface area contributed by atoms with Gasteiger partial charge in [-0.2, -0.15) is 0 Å². The fourth-order valence-corrected chi connectivity index (χ4v) is 5.07. The van der Waals surface area contributed by atoms with Crippen molar-refractivity contribution in [3.05, 3.63) is 101 Å². The van der Waals surface area contributed by atoms with Crippen molar-refractivity contribution in [1.29, 1.82) is 0 Å². The Kier molecular flexibility index (Phi) is 7.62. The Bertz CT molecular complexity index is 1340. The Morgan fingerprint density at radius 3 is 2.31 bits per heavy atom. The maximum absolute atomic E-state index is 13.4. The van der Waals surface area contributed by atoms with Gasteiger partial charge in [-0.05, 0) is 49.2 Å². The standard InChI is InChI=1S/C30H34N4O2/c1-36-28-16-8-7-15-27(28)33-21-19-32(20-22-33)17-9-10-18-34-29(23-24-11-3-2-4-12-24)31-26-14-6-5-13-25(26)30(34)35/h2-8,11-16H,9-10,17-23H2,1H3. The SMILES string of the molecule is COc1ccccc1N1CCN(CCCCn2c(Cc3ccccc3)nc3ccccc3c2=O)CC1. The van der Waals surface area contributed by atoms with Gasteiger partial charge in [-0.25, -0.2) is 4.98 Å². The van der Waals surface area contributed by atoms with Crippen molar-refractivity contribution in [3.8, 4) is 5.75 Å². The van der Waals surface area contributed by atoms with Crippen molar-refractivity contribution in [2.45, 2.75) is 25.8 Å². The number of para-hydroxylation sites is 3. The first-order valence-corrected chi connectivity index (χ1v) is 12.9. The molecule has 1 aromatic heterocycles. The smallest absolute Gasteiger partial charge is 0.261 e. The van der Waals surface area contributed by atoms with Gasteiger partial charge >= 0.3 is 0 Å². The van der Waals surface area contributed by atoms with Crippen LogP contribution < -0.4 is 15.2 Å². The van der Waals surface area contributed by atoms with Crippen LogP contribution in [-0.4, -0.2) is 54.3 Å². The topological polar surface area (TPSA) is 50.6 Å². The zero-order valence-electron chi connectivity index (χ0n) is 21.0. The second-order valence-corrected chi connectivity index (χ2v) is 9.37. The van der Waals surface area contributed by atoms with Crippen LogP contribution in [0.25, 0.3) is 10.9 Å². The highest BCUT2D eigenvalue weighted by atomic mass is 16.5. The Morgan fingerprint density at radius 2 is 1.50 bits per heavy atom. The van der Waals surface area contributed by atoms with Gasteiger partial charge in [0.15, 0.2) is 0 Å². The molecule has 3 aromatic carbocycles. The maximum Gasteiger partial charge on any atom is 0.261 e. The van der Waals surface area contributed by atoms with E-state index in [1.807, 2.05) is 59.2 Å². The van der Waals surface area contributed by atoms with Gasteiger partial charge in [0.25, 0.3) is 5.56 Å². The molecule has 0 spiro atoms. The summed E-state index contributed by atoms with van der Waals surface area (Å²) in [5.41, 5.74) is 3.18. The molecule has 1 saturated heterocycles. The Hall–Kier alpha value is -3.64. The van der Waals surface area contributed by atoms with Crippen LogP contribution in [0.2, 0.25) is 0 Å². The third-order valence-corrected chi connectivity index (χ3v) is 7.05. The van der Waals surface area contributed by atoms with Gasteiger partial charge in [-0.1, -0.05) is 54.6 Å². The molecule has 1 aliphatic heterocycles. The minimum absolute atomic E-state index is 0.0666. The quantitative estimate of drug-likeness (QED) is 0.327. The van der Waals surface area contributed by atoms with Crippen LogP contribution in [0.3, 0.4) is 0 Å². The number of hydrogen-bond acceptors (Lipinski definition) is 5. The summed E-state index contributed by atoms with van der Waals surface area (Å²) >= 11 is 0. The molecule has 0 amide bonds. The molecule has 0 unspecified atom stereocenters. The largest absolute Gasteiger partial charge is 0.495 e. The van der Waals surface area contributed by atoms with Crippen molar-refractivity contribution < 1.29 is 4.74 Å². The second-order valence-electron chi connectivity index (χ2n) is 9.37. The lowest BCUT2D eigenvalue weighted by atomic mass is 10.1. The van der Waals surface area contributed by atoms with Gasteiger partial charge in [-0.15, -0.1) is 0 Å². The molecule has 2 heterocycles. The molecule has 36 heavy (non-hydrogen) atoms. The zero-order valence-corrected chi connectivity index (χ0v) is 21.0. The van der Waals surface area contributed by atoms with E-state index < -0.39 is 0 Å². The van der Waals surface area contributed by atoms with Gasteiger partial charge in [0.1, 0.15) is 11.6 Å². The summed E-state index contributed by atoms with van der Waals surface area (Å²) in [5, 5.41) is 0.696. The van der Waals surface area contributed by atoms with Crippen LogP contribution in [0.15, 0.2) is 83.7 Å². The van der Waals surface area contributed by atoms with Crippen LogP contribution in [0.5, 0.6) is 5.75 Å². The first-order valence-electron chi connectivity index (χ1n) is 12.9. The van der Waals surface area contributed by atoms with Crippen LogP contribution in [0.1, 0.15) is 24.2 Å². The van der Waals surface area contributed by atoms with Gasteiger partial charge in [0.05, 0.1) is 23.7 Å². The van der Waals surface area contributed by atoms with E-state index in [0.717, 1.165) is 62.7 Å². The average Bonchev–Trinajstić information content (AvgIpc) is 2.93. The molecule has 5 rings (SSSR count). The normalized spacial score (nSPS) is 14.3. The van der Waals surface area contributed by atoms with Crippen LogP contribution in [0.4, 0.5) is 5.69 Å². The first kappa shape index (κ1) is 24.1. The third kappa shape index (κ3) is 5.44. The van der Waals surface area contributed by atoms with Crippen molar-refractivity contribution >= 4 is 16.6 Å². The van der Waals surface area contributed by atoms with Gasteiger partial charge < -0.3 is 9.64 Å². The molecule has 0 N–H and O–H groups in total. The number of hydrogen-bond donors (Lipinski definition) is 0. The van der Waals surface area contributed by atoms with Gasteiger partial charge in [-0.3, -0.25) is 14.3 Å². The highest BCUT2D eigenvalue weighted by molar-refractivity contribution is 5.77. The molecule has 0 bridgehead atoms. The summed E-state index contributed by atoms with van der Waals surface area (Å²) in [6.07, 6.45) is 2.67. The van der Waals surface area contributed by atoms with Gasteiger partial charge in [0, 0.05) is 39.1 Å². The molecule has 6 nitrogen and oxygen atoms in total. The van der Waals surface area contributed by atoms with E-state index in [1.165, 1.54) is 11.3 Å². The zero-order chi connectivity index (χ0) is 24.7. The van der Waals surface area contributed by atoms with E-state index in [0.29, 0.717) is 18.4 Å². The minimum Gasteiger partial charge on any atom is -0.495 e. The van der Waals surface area contributed by atoms with Crippen molar-refractivity contribution in [3.63, 3.8) is 0 Å². The van der Waals surface area contributed by atoms with Crippen LogP contribution in [0, 0.1) is 0 Å². The fourth-order valence-electron chi connectivity index (χ4n) is 5.07. The highest BCUT2D eigenvalue weighted by Gasteiger charge is 2.19. The molecule has 1 aliphatic rings. The second kappa shape index (κ2) is 11.4. The maximum atomic E-state index is 13.4. The minimum atomic E-state index is 0.0666. The van der Waals surface area contributed by atoms with Crippen molar-refractivity contribution in [2.75, 3.05) is 44.7 Å². The Morgan fingerprint density at radius 1 is 0.806 bits per heavy atom. The van der Waals surface area contributed by atoms with Gasteiger partial charge in [0.2, 0.25) is 0 Å². The summed E-state index contributed by atoms with van der Waals surface area (Å²) in [5.74, 6) is 1.78. The molecule has 0 atom stereocenters. The van der Waals surface area contributed by atoms with E-state index in [1.54, 1.807) is 7.11 Å². The molecule has 0 radical (unpaired) electrons. The summed E-state index contributed by atoms with van der Waals surface area (Å²) in [6.45, 7) is 5.80. The lowest BCUT2D eigenvalue weighted by molar-refractivity contribution is 0.250. The predicted molar refractivity (Wildman–Crippen MR) is 146 cm³/mol. The molecular formula is C30H34N4O2. The Labute approximate surface area is 212 Å². The number of anilines is 1. The number of methoxy groups -OCH3 is 1. The predicted octanol–water partition coefficient (Wildman–Crippen LogP) is 4.60. The summed E-state index contributed by atoms with van der Waals surface area (Å²) < 4.78 is 7.44. The van der Waals surface area contributed by atoms with E-state index in [-0.39, 0.29) is 5.56 Å². The summed E-state index contributed by atoms with van der Waals surface area (Å²) in [6, 6.07) is 26.2. The number of ether oxygens (including phenoxy) is 1. The van der Waals surface area contributed by atoms with Crippen LogP contribution in [-0.2, 0) is 13.0 Å². The molecule has 0 saturated carbocycles. The lowest BCUT2D eigenvalue weighted by Crippen LogP contribution is -2.46. The number of rotatable bonds is 9. The molecule has 186 valence electrons. The summed E-state index contributed by atoms with van der Waals surface area (Å²) in [4.78, 5) is 23.2. The molecule has 0 aliphatic carbocycles. The first-order chi connectivity index (χ1) is 17.7. The number of aromatic nitrogens is 2. The monoisotopic (exact) mass is 482 g/mol. The van der Waals surface area contributed by atoms with Crippen LogP contribution >= 0.6 is 0 Å². The number of fused-ring (bicyclic) bond motifs is 1. The highest BCUT2D eigenvalue weighted by Crippen LogP contribution is 2.28. The fraction of sp³-hybridized carbons (Fsp3) is 0.333. The number of nitrogens with zero attached hydrogens (tertiary/aromatic N) is 4. The average molecular weight is 483 g/mol. The lowest BCUT2D eigenvalue weighted by Gasteiger charge is -2.36. The van der Waals surface area contributed by atoms with E-state index in [2.05, 4.69) is 34.1 Å². The Balaban J connectivity index is 1.20. The molecule has 6 heteroatoms. The molecule has 1 fully saturated rings. The number of unbranched alkanes of at least 4 members (excludes halogenated alkanes) is 1. The summed E-state index contributed by atoms with van der Waals surface area (Å²) in [7, 11) is 1.73. The van der Waals surface area contributed by atoms with Crippen molar-refractivity contribution in [2.24, 2.45) is 0 Å². The molecular weight excluding hydrogens is 448 g/mol. The van der Waals surface area contributed by atoms with E-state index >= 15 is 0 Å². The number of piperazine rings is 1. The third-order valence-electron chi connectivity index (χ3n) is 7.05. The van der Waals surface area contributed by atoms with E-state index in [9.17, 15) is 4.79 Å². The number of benzene rings is 3. The van der Waals surface area contributed by atoms with E-state index in [4.69, 9.17) is 9.72 Å².